The number of fused-ring (bicyclic) bond motifs is 11. The molecule has 1 aliphatic carbocycles. The molecule has 1 fully saturated rings. The Balaban J connectivity index is 1.20. The van der Waals surface area contributed by atoms with Gasteiger partial charge in [-0.2, -0.15) is 0 Å². The molecule has 2 atom stereocenters. The average molecular weight is 1160 g/mol. The molecule has 0 amide bonds. The lowest BCUT2D eigenvalue weighted by Gasteiger charge is -2.53. The normalized spacial score (nSPS) is 18.2. The van der Waals surface area contributed by atoms with E-state index in [4.69, 9.17) is 0 Å². The lowest BCUT2D eigenvalue weighted by Crippen LogP contribution is -2.64. The van der Waals surface area contributed by atoms with E-state index >= 15 is 0 Å². The first-order valence-electron chi connectivity index (χ1n) is 32.3. The first-order chi connectivity index (χ1) is 41.0. The van der Waals surface area contributed by atoms with E-state index in [0.717, 1.165) is 29.9 Å². The maximum Gasteiger partial charge on any atom is 0.254 e. The average Bonchev–Trinajstić information content (AvgIpc) is 1.56. The lowest BCUT2D eigenvalue weighted by atomic mass is 9.33. The van der Waals surface area contributed by atoms with Gasteiger partial charge in [0.2, 0.25) is 0 Å². The Bertz CT molecular complexity index is 4260. The van der Waals surface area contributed by atoms with E-state index in [0.29, 0.717) is 0 Å². The Hall–Kier alpha value is -7.34. The van der Waals surface area contributed by atoms with Crippen LogP contribution in [0.25, 0.3) is 42.4 Å². The summed E-state index contributed by atoms with van der Waals surface area (Å²) in [4.78, 5) is 8.32. The topological polar surface area (TPSA) is 9.72 Å². The third kappa shape index (κ3) is 9.00. The molecular formula is C82H88BN3S. The van der Waals surface area contributed by atoms with Crippen LogP contribution in [0.2, 0.25) is 0 Å². The highest BCUT2D eigenvalue weighted by Crippen LogP contribution is 2.64. The number of nitrogens with zero attached hydrogens (tertiary/aromatic N) is 3. The first kappa shape index (κ1) is 57.4. The monoisotopic (exact) mass is 1160 g/mol. The fraction of sp³-hybridized carbons (Fsp3) is 0.341. The van der Waals surface area contributed by atoms with Gasteiger partial charge in [0, 0.05) is 65.5 Å². The zero-order chi connectivity index (χ0) is 61.3. The molecule has 1 aromatic heterocycles. The molecular weight excluding hydrogens is 1070 g/mol. The Morgan fingerprint density at radius 2 is 0.920 bits per heavy atom. The summed E-state index contributed by atoms with van der Waals surface area (Å²) in [5, 5.41) is 2.68. The van der Waals surface area contributed by atoms with Crippen molar-refractivity contribution in [3.05, 3.63) is 209 Å². The predicted octanol–water partition coefficient (Wildman–Crippen LogP) is 21.7. The quantitative estimate of drug-likeness (QED) is 0.154. The molecule has 0 spiro atoms. The van der Waals surface area contributed by atoms with Crippen molar-refractivity contribution >= 4 is 100 Å². The van der Waals surface area contributed by atoms with Crippen molar-refractivity contribution in [1.82, 2.24) is 0 Å². The Morgan fingerprint density at radius 3 is 1.46 bits per heavy atom. The Morgan fingerprint density at radius 1 is 0.425 bits per heavy atom. The van der Waals surface area contributed by atoms with Gasteiger partial charge in [-0.05, 0) is 174 Å². The highest BCUT2D eigenvalue weighted by Gasteiger charge is 2.62. The van der Waals surface area contributed by atoms with Gasteiger partial charge < -0.3 is 14.7 Å². The molecule has 0 saturated heterocycles. The molecule has 14 rings (SSSR count). The van der Waals surface area contributed by atoms with Gasteiger partial charge in [0.05, 0.1) is 16.9 Å². The molecule has 3 nitrogen and oxygen atoms in total. The second kappa shape index (κ2) is 19.6. The molecule has 10 aromatic rings. The molecule has 440 valence electrons. The van der Waals surface area contributed by atoms with Crippen LogP contribution < -0.4 is 31.1 Å². The van der Waals surface area contributed by atoms with Crippen molar-refractivity contribution in [3.8, 4) is 22.3 Å². The minimum Gasteiger partial charge on any atom is -0.335 e. The summed E-state index contributed by atoms with van der Waals surface area (Å²) in [5.74, 6) is 0. The molecule has 2 unspecified atom stereocenters. The molecule has 9 aromatic carbocycles. The molecule has 0 radical (unpaired) electrons. The highest BCUT2D eigenvalue weighted by atomic mass is 32.1. The summed E-state index contributed by atoms with van der Waals surface area (Å²) in [6.07, 6.45) is 4.69. The highest BCUT2D eigenvalue weighted by molar-refractivity contribution is 7.28. The summed E-state index contributed by atoms with van der Waals surface area (Å²) in [5.41, 5.74) is 26.8. The van der Waals surface area contributed by atoms with Gasteiger partial charge in [-0.15, -0.1) is 11.3 Å². The maximum atomic E-state index is 2.95. The molecule has 5 heteroatoms. The van der Waals surface area contributed by atoms with Crippen LogP contribution in [0.4, 0.5) is 45.5 Å². The van der Waals surface area contributed by atoms with Gasteiger partial charge >= 0.3 is 0 Å². The van der Waals surface area contributed by atoms with Crippen LogP contribution in [0.1, 0.15) is 177 Å². The number of hydrogen-bond donors (Lipinski definition) is 0. The van der Waals surface area contributed by atoms with Crippen molar-refractivity contribution in [3.63, 3.8) is 0 Å². The van der Waals surface area contributed by atoms with Crippen LogP contribution in [0, 0.1) is 0 Å². The minimum absolute atomic E-state index is 0.00339. The van der Waals surface area contributed by atoms with Gasteiger partial charge in [0.15, 0.2) is 0 Å². The molecule has 0 N–H and O–H groups in total. The molecule has 4 heterocycles. The Kier molecular flexibility index (Phi) is 12.9. The number of rotatable bonds is 6. The van der Waals surface area contributed by atoms with Gasteiger partial charge in [-0.3, -0.25) is 0 Å². The van der Waals surface area contributed by atoms with Gasteiger partial charge in [-0.25, -0.2) is 0 Å². The zero-order valence-electron chi connectivity index (χ0n) is 54.9. The van der Waals surface area contributed by atoms with Crippen LogP contribution in [0.5, 0.6) is 0 Å². The van der Waals surface area contributed by atoms with Crippen LogP contribution >= 0.6 is 11.3 Å². The molecule has 87 heavy (non-hydrogen) atoms. The minimum atomic E-state index is -0.208. The molecule has 3 aliphatic heterocycles. The van der Waals surface area contributed by atoms with Crippen LogP contribution in [0.15, 0.2) is 176 Å². The van der Waals surface area contributed by atoms with Crippen LogP contribution in [0.3, 0.4) is 0 Å². The van der Waals surface area contributed by atoms with E-state index in [9.17, 15) is 0 Å². The number of anilines is 8. The van der Waals surface area contributed by atoms with E-state index in [1.807, 2.05) is 11.3 Å². The standard InChI is InChI=1S/C82H88BN3S/c1-76(2,3)53-30-35-58(36-31-53)84(59-37-32-54(33-38-59)77(4,5)6)60-49-68-71-69(50-60)86-74-65(81(16)42-24-25-43-82(81,86)17)46-57(80(13,14)15)47-66(74)83(71)72-67(41-40-62-61-39-34-55(78(7,8)9)48-70(61)87-75(62)72)85(68)73-63(51-26-20-18-21-27-51)44-56(79(10,11)12)45-64(73)52-28-22-19-23-29-52/h18-23,26-41,44-50H,24-25,42-43H2,1-17H3. The Labute approximate surface area is 524 Å². The van der Waals surface area contributed by atoms with E-state index in [1.165, 1.54) is 133 Å². The van der Waals surface area contributed by atoms with Gasteiger partial charge in [0.1, 0.15) is 0 Å². The van der Waals surface area contributed by atoms with Gasteiger partial charge in [-0.1, -0.05) is 239 Å². The van der Waals surface area contributed by atoms with Crippen molar-refractivity contribution in [2.45, 2.75) is 181 Å². The van der Waals surface area contributed by atoms with Crippen LogP contribution in [-0.2, 0) is 32.5 Å². The van der Waals surface area contributed by atoms with Gasteiger partial charge in [0.25, 0.3) is 6.71 Å². The summed E-state index contributed by atoms with van der Waals surface area (Å²) in [6.45, 7) is 40.7. The van der Waals surface area contributed by atoms with Crippen molar-refractivity contribution in [2.24, 2.45) is 0 Å². The number of benzene rings is 9. The third-order valence-corrected chi connectivity index (χ3v) is 22.2. The second-order valence-electron chi connectivity index (χ2n) is 31.8. The summed E-state index contributed by atoms with van der Waals surface area (Å²) < 4.78 is 2.74. The zero-order valence-corrected chi connectivity index (χ0v) is 55.7. The smallest absolute Gasteiger partial charge is 0.254 e. The third-order valence-electron chi connectivity index (χ3n) is 21.0. The summed E-state index contributed by atoms with van der Waals surface area (Å²) in [7, 11) is 0. The SMILES string of the molecule is CC(C)(C)c1ccc(N(c2ccc(C(C)(C)C)cc2)c2cc3c4c(c2)N2c5c(cc(C(C)(C)C)cc5C5(C)CCCCC25C)B4c2c(ccc4c2sc2cc(C(C)(C)C)ccc24)N3c2c(-c3ccccc3)cc(C(C)(C)C)cc2-c2ccccc2)cc1. The predicted molar refractivity (Wildman–Crippen MR) is 381 cm³/mol. The van der Waals surface area contributed by atoms with E-state index in [1.54, 1.807) is 0 Å². The maximum absolute atomic E-state index is 2.95. The van der Waals surface area contributed by atoms with E-state index in [2.05, 4.69) is 308 Å². The molecule has 1 saturated carbocycles. The largest absolute Gasteiger partial charge is 0.335 e. The molecule has 0 bridgehead atoms. The van der Waals surface area contributed by atoms with E-state index in [-0.39, 0.29) is 44.7 Å². The summed E-state index contributed by atoms with van der Waals surface area (Å²) >= 11 is 2.02. The fourth-order valence-electron chi connectivity index (χ4n) is 15.6. The van der Waals surface area contributed by atoms with Crippen molar-refractivity contribution in [2.75, 3.05) is 14.7 Å². The number of hydrogen-bond acceptors (Lipinski definition) is 4. The van der Waals surface area contributed by atoms with Crippen molar-refractivity contribution in [1.29, 1.82) is 0 Å². The number of thiophene rings is 1. The van der Waals surface area contributed by atoms with Crippen molar-refractivity contribution < 1.29 is 0 Å². The summed E-state index contributed by atoms with van der Waals surface area (Å²) in [6, 6.07) is 69.7. The first-order valence-corrected chi connectivity index (χ1v) is 33.1. The molecule has 4 aliphatic rings. The van der Waals surface area contributed by atoms with E-state index < -0.39 is 0 Å². The lowest BCUT2D eigenvalue weighted by molar-refractivity contribution is 0.195. The van der Waals surface area contributed by atoms with Crippen LogP contribution in [-0.4, -0.2) is 12.3 Å². The second-order valence-corrected chi connectivity index (χ2v) is 32.8. The fourth-order valence-corrected chi connectivity index (χ4v) is 16.9.